The Labute approximate surface area is 173 Å². The molecule has 0 unspecified atom stereocenters. The monoisotopic (exact) mass is 403 g/mol. The lowest BCUT2D eigenvalue weighted by Gasteiger charge is -2.36. The fraction of sp³-hybridized carbons (Fsp3) is 0.636. The molecule has 0 aromatic heterocycles. The molecule has 2 aliphatic rings. The van der Waals surface area contributed by atoms with E-state index < -0.39 is 0 Å². The normalized spacial score (nSPS) is 18.7. The molecule has 0 saturated carbocycles. The Morgan fingerprint density at radius 3 is 2.28 bits per heavy atom. The van der Waals surface area contributed by atoms with E-state index in [2.05, 4.69) is 17.0 Å². The topological polar surface area (TPSA) is 62.3 Å². The van der Waals surface area contributed by atoms with Crippen LogP contribution in [0.2, 0.25) is 0 Å². The molecule has 0 aliphatic carbocycles. The van der Waals surface area contributed by atoms with Gasteiger partial charge in [-0.05, 0) is 44.3 Å². The number of hydrogen-bond acceptors (Lipinski definition) is 5. The van der Waals surface area contributed by atoms with Crippen LogP contribution in [0.4, 0.5) is 4.79 Å². The number of hydrogen-bond donors (Lipinski definition) is 0. The Morgan fingerprint density at radius 1 is 0.966 bits per heavy atom. The highest BCUT2D eigenvalue weighted by atomic mass is 16.6. The number of carbonyl (C=O) groups is 2. The minimum absolute atomic E-state index is 0.160. The number of likely N-dealkylation sites (tertiary alicyclic amines) is 1. The van der Waals surface area contributed by atoms with Crippen molar-refractivity contribution in [2.75, 3.05) is 59.0 Å². The van der Waals surface area contributed by atoms with Crippen LogP contribution in [-0.2, 0) is 20.9 Å². The average molecular weight is 404 g/mol. The number of amides is 2. The predicted molar refractivity (Wildman–Crippen MR) is 110 cm³/mol. The van der Waals surface area contributed by atoms with Crippen molar-refractivity contribution in [1.29, 1.82) is 0 Å². The first-order valence-electron chi connectivity index (χ1n) is 10.7. The molecule has 2 aliphatic heterocycles. The third-order valence-corrected chi connectivity index (χ3v) is 5.69. The number of carbonyl (C=O) groups excluding carboxylic acids is 2. The van der Waals surface area contributed by atoms with Crippen LogP contribution in [0.3, 0.4) is 0 Å². The summed E-state index contributed by atoms with van der Waals surface area (Å²) in [7, 11) is 0. The zero-order valence-electron chi connectivity index (χ0n) is 17.4. The second-order valence-electron chi connectivity index (χ2n) is 7.79. The van der Waals surface area contributed by atoms with E-state index in [4.69, 9.17) is 9.47 Å². The van der Waals surface area contributed by atoms with Gasteiger partial charge in [0.15, 0.2) is 0 Å². The van der Waals surface area contributed by atoms with Crippen molar-refractivity contribution < 1.29 is 19.1 Å². The van der Waals surface area contributed by atoms with Gasteiger partial charge in [0.2, 0.25) is 5.91 Å². The molecular weight excluding hydrogens is 370 g/mol. The van der Waals surface area contributed by atoms with Crippen molar-refractivity contribution in [3.8, 4) is 0 Å². The molecule has 3 rings (SSSR count). The molecular formula is C22H33N3O4. The van der Waals surface area contributed by atoms with Crippen molar-refractivity contribution in [3.63, 3.8) is 0 Å². The molecule has 2 amide bonds. The van der Waals surface area contributed by atoms with Gasteiger partial charge < -0.3 is 19.3 Å². The van der Waals surface area contributed by atoms with Crippen molar-refractivity contribution in [3.05, 3.63) is 35.9 Å². The minimum atomic E-state index is -0.281. The summed E-state index contributed by atoms with van der Waals surface area (Å²) >= 11 is 0. The molecule has 0 N–H and O–H groups in total. The predicted octanol–water partition coefficient (Wildman–Crippen LogP) is 2.22. The number of benzene rings is 1. The molecule has 0 spiro atoms. The van der Waals surface area contributed by atoms with Gasteiger partial charge in [-0.2, -0.15) is 0 Å². The van der Waals surface area contributed by atoms with Crippen LogP contribution in [0.1, 0.15) is 25.3 Å². The van der Waals surface area contributed by atoms with E-state index in [1.165, 1.54) is 5.56 Å². The minimum Gasteiger partial charge on any atom is -0.450 e. The summed E-state index contributed by atoms with van der Waals surface area (Å²) in [6.45, 7) is 8.24. The fourth-order valence-electron chi connectivity index (χ4n) is 3.87. The fourth-order valence-corrected chi connectivity index (χ4v) is 3.87. The standard InChI is InChI=1S/C22H33N3O4/c1-2-29-22(27)25-14-12-24(13-15-25)21(26)16-23-10-8-20(9-11-23)18-28-17-19-6-4-3-5-7-19/h3-7,20H,2,8-18H2,1H3. The summed E-state index contributed by atoms with van der Waals surface area (Å²) in [5, 5.41) is 0. The molecule has 7 heteroatoms. The molecule has 7 nitrogen and oxygen atoms in total. The molecule has 160 valence electrons. The zero-order chi connectivity index (χ0) is 20.5. The number of piperidine rings is 1. The average Bonchev–Trinajstić information content (AvgIpc) is 2.76. The number of rotatable bonds is 7. The zero-order valence-corrected chi connectivity index (χ0v) is 17.4. The maximum absolute atomic E-state index is 12.6. The molecule has 2 heterocycles. The van der Waals surface area contributed by atoms with Gasteiger partial charge in [-0.15, -0.1) is 0 Å². The first-order valence-corrected chi connectivity index (χ1v) is 10.7. The third-order valence-electron chi connectivity index (χ3n) is 5.69. The Hall–Kier alpha value is -2.12. The van der Waals surface area contributed by atoms with Crippen LogP contribution < -0.4 is 0 Å². The summed E-state index contributed by atoms with van der Waals surface area (Å²) in [6, 6.07) is 10.2. The van der Waals surface area contributed by atoms with Crippen molar-refractivity contribution in [2.24, 2.45) is 5.92 Å². The van der Waals surface area contributed by atoms with E-state index in [-0.39, 0.29) is 12.0 Å². The van der Waals surface area contributed by atoms with Crippen LogP contribution in [0.25, 0.3) is 0 Å². The van der Waals surface area contributed by atoms with Gasteiger partial charge in [0.25, 0.3) is 0 Å². The van der Waals surface area contributed by atoms with E-state index >= 15 is 0 Å². The van der Waals surface area contributed by atoms with E-state index in [0.29, 0.717) is 51.9 Å². The molecule has 0 atom stereocenters. The van der Waals surface area contributed by atoms with E-state index in [9.17, 15) is 9.59 Å². The summed E-state index contributed by atoms with van der Waals surface area (Å²) in [5.74, 6) is 0.727. The molecule has 2 saturated heterocycles. The summed E-state index contributed by atoms with van der Waals surface area (Å²) in [4.78, 5) is 30.1. The van der Waals surface area contributed by atoms with E-state index in [0.717, 1.165) is 32.5 Å². The second-order valence-corrected chi connectivity index (χ2v) is 7.79. The Bertz CT molecular complexity index is 639. The first-order chi connectivity index (χ1) is 14.2. The summed E-state index contributed by atoms with van der Waals surface area (Å²) in [6.07, 6.45) is 1.85. The quantitative estimate of drug-likeness (QED) is 0.699. The van der Waals surface area contributed by atoms with Gasteiger partial charge >= 0.3 is 6.09 Å². The van der Waals surface area contributed by atoms with Crippen LogP contribution in [-0.4, -0.2) is 85.7 Å². The van der Waals surface area contributed by atoms with Gasteiger partial charge in [-0.1, -0.05) is 30.3 Å². The molecule has 1 aromatic rings. The Balaban J connectivity index is 1.30. The Morgan fingerprint density at radius 2 is 1.62 bits per heavy atom. The van der Waals surface area contributed by atoms with Crippen LogP contribution in [0, 0.1) is 5.92 Å². The second kappa shape index (κ2) is 11.2. The number of piperazine rings is 1. The van der Waals surface area contributed by atoms with Crippen molar-refractivity contribution >= 4 is 12.0 Å². The smallest absolute Gasteiger partial charge is 0.409 e. The highest BCUT2D eigenvalue weighted by molar-refractivity contribution is 5.78. The summed E-state index contributed by atoms with van der Waals surface area (Å²) in [5.41, 5.74) is 1.21. The number of ether oxygens (including phenoxy) is 2. The van der Waals surface area contributed by atoms with Crippen LogP contribution in [0.5, 0.6) is 0 Å². The SMILES string of the molecule is CCOC(=O)N1CCN(C(=O)CN2CCC(COCc3ccccc3)CC2)CC1. The molecule has 1 aromatic carbocycles. The van der Waals surface area contributed by atoms with Crippen molar-refractivity contribution in [1.82, 2.24) is 14.7 Å². The van der Waals surface area contributed by atoms with Gasteiger partial charge in [0.1, 0.15) is 0 Å². The van der Waals surface area contributed by atoms with Gasteiger partial charge in [-0.25, -0.2) is 4.79 Å². The highest BCUT2D eigenvalue weighted by Crippen LogP contribution is 2.18. The largest absolute Gasteiger partial charge is 0.450 e. The van der Waals surface area contributed by atoms with E-state index in [1.807, 2.05) is 23.1 Å². The van der Waals surface area contributed by atoms with Crippen molar-refractivity contribution in [2.45, 2.75) is 26.4 Å². The van der Waals surface area contributed by atoms with Gasteiger partial charge in [0, 0.05) is 32.8 Å². The number of nitrogens with zero attached hydrogens (tertiary/aromatic N) is 3. The van der Waals surface area contributed by atoms with Crippen LogP contribution in [0.15, 0.2) is 30.3 Å². The maximum atomic E-state index is 12.6. The molecule has 0 radical (unpaired) electrons. The molecule has 29 heavy (non-hydrogen) atoms. The van der Waals surface area contributed by atoms with E-state index in [1.54, 1.807) is 11.8 Å². The lowest BCUT2D eigenvalue weighted by Crippen LogP contribution is -2.53. The maximum Gasteiger partial charge on any atom is 0.409 e. The summed E-state index contributed by atoms with van der Waals surface area (Å²) < 4.78 is 10.9. The van der Waals surface area contributed by atoms with Crippen LogP contribution >= 0.6 is 0 Å². The molecule has 2 fully saturated rings. The molecule has 0 bridgehead atoms. The third kappa shape index (κ3) is 6.72. The highest BCUT2D eigenvalue weighted by Gasteiger charge is 2.27. The Kier molecular flexibility index (Phi) is 8.31. The lowest BCUT2D eigenvalue weighted by atomic mass is 9.98. The van der Waals surface area contributed by atoms with Gasteiger partial charge in [-0.3, -0.25) is 9.69 Å². The van der Waals surface area contributed by atoms with Gasteiger partial charge in [0.05, 0.1) is 19.8 Å². The lowest BCUT2D eigenvalue weighted by molar-refractivity contribution is -0.134. The first kappa shape index (κ1) is 21.6.